The summed E-state index contributed by atoms with van der Waals surface area (Å²) in [6.07, 6.45) is 5.69. The van der Waals surface area contributed by atoms with Gasteiger partial charge in [-0.3, -0.25) is 19.4 Å². The number of aryl methyl sites for hydroxylation is 1. The van der Waals surface area contributed by atoms with E-state index in [1.54, 1.807) is 11.1 Å². The van der Waals surface area contributed by atoms with E-state index in [2.05, 4.69) is 15.0 Å². The Bertz CT molecular complexity index is 777. The third-order valence-electron chi connectivity index (χ3n) is 5.51. The smallest absolute Gasteiger partial charge is 0.232 e. The minimum Gasteiger partial charge on any atom is -0.380 e. The first-order chi connectivity index (χ1) is 12.6. The molecule has 1 amide bonds. The molecular formula is C19H25N5O2. The lowest BCUT2D eigenvalue weighted by Crippen LogP contribution is -2.47. The Labute approximate surface area is 153 Å². The normalized spacial score (nSPS) is 25.4. The Morgan fingerprint density at radius 1 is 1.46 bits per heavy atom. The molecule has 138 valence electrons. The fourth-order valence-corrected chi connectivity index (χ4v) is 4.26. The fourth-order valence-electron chi connectivity index (χ4n) is 4.26. The van der Waals surface area contributed by atoms with Crippen molar-refractivity contribution in [2.75, 3.05) is 33.4 Å². The molecule has 2 fully saturated rings. The van der Waals surface area contributed by atoms with Crippen LogP contribution in [0.25, 0.3) is 0 Å². The van der Waals surface area contributed by atoms with Gasteiger partial charge in [0.1, 0.15) is 0 Å². The highest BCUT2D eigenvalue weighted by atomic mass is 16.5. The largest absolute Gasteiger partial charge is 0.380 e. The number of amides is 1. The van der Waals surface area contributed by atoms with Crippen LogP contribution in [0.2, 0.25) is 0 Å². The van der Waals surface area contributed by atoms with Crippen LogP contribution in [-0.2, 0) is 29.7 Å². The van der Waals surface area contributed by atoms with Crippen LogP contribution in [-0.4, -0.2) is 63.8 Å². The molecule has 0 aliphatic carbocycles. The molecule has 0 N–H and O–H groups in total. The van der Waals surface area contributed by atoms with Crippen molar-refractivity contribution >= 4 is 5.91 Å². The molecule has 2 aliphatic rings. The first kappa shape index (κ1) is 17.2. The van der Waals surface area contributed by atoms with Gasteiger partial charge in [-0.25, -0.2) is 0 Å². The fraction of sp³-hybridized carbons (Fsp3) is 0.526. The molecule has 7 nitrogen and oxygen atoms in total. The Kier molecular flexibility index (Phi) is 4.50. The molecule has 0 unspecified atom stereocenters. The number of hydrogen-bond donors (Lipinski definition) is 0. The molecule has 2 atom stereocenters. The molecule has 4 heterocycles. The van der Waals surface area contributed by atoms with Crippen molar-refractivity contribution in [2.45, 2.75) is 13.1 Å². The first-order valence-electron chi connectivity index (χ1n) is 9.00. The van der Waals surface area contributed by atoms with Gasteiger partial charge in [0, 0.05) is 57.6 Å². The van der Waals surface area contributed by atoms with E-state index in [-0.39, 0.29) is 11.8 Å². The summed E-state index contributed by atoms with van der Waals surface area (Å²) in [5.74, 6) is 0.414. The van der Waals surface area contributed by atoms with Crippen LogP contribution < -0.4 is 0 Å². The maximum Gasteiger partial charge on any atom is 0.232 e. The maximum atomic E-state index is 13.3. The molecule has 0 bridgehead atoms. The van der Waals surface area contributed by atoms with E-state index in [0.29, 0.717) is 19.8 Å². The van der Waals surface area contributed by atoms with E-state index >= 15 is 0 Å². The van der Waals surface area contributed by atoms with Gasteiger partial charge in [0.05, 0.1) is 37.1 Å². The van der Waals surface area contributed by atoms with Crippen LogP contribution in [0, 0.1) is 11.3 Å². The SMILES string of the molecule is CN(Cc1ccccn1)C(=O)[C@]12COC[C@H]1CN(Cc1cnn(C)c1)C2. The minimum absolute atomic E-state index is 0.166. The predicted molar refractivity (Wildman–Crippen MR) is 95.9 cm³/mol. The number of ether oxygens (including phenoxy) is 1. The molecular weight excluding hydrogens is 330 g/mol. The van der Waals surface area contributed by atoms with Crippen LogP contribution >= 0.6 is 0 Å². The van der Waals surface area contributed by atoms with Crippen LogP contribution in [0.3, 0.4) is 0 Å². The number of aromatic nitrogens is 3. The standard InChI is InChI=1S/C19H25N5O2/c1-22(11-17-5-3-4-6-20-17)18(25)19-13-24(10-16(19)12-26-14-19)9-15-7-21-23(2)8-15/h3-8,16H,9-14H2,1-2H3/t16-,19-/m1/s1. The lowest BCUT2D eigenvalue weighted by molar-refractivity contribution is -0.142. The van der Waals surface area contributed by atoms with Crippen LogP contribution in [0.5, 0.6) is 0 Å². The first-order valence-corrected chi connectivity index (χ1v) is 9.00. The van der Waals surface area contributed by atoms with Crippen molar-refractivity contribution < 1.29 is 9.53 Å². The molecule has 2 saturated heterocycles. The summed E-state index contributed by atoms with van der Waals surface area (Å²) in [6, 6.07) is 5.79. The van der Waals surface area contributed by atoms with Gasteiger partial charge in [0.15, 0.2) is 0 Å². The highest BCUT2D eigenvalue weighted by molar-refractivity contribution is 5.84. The number of hydrogen-bond acceptors (Lipinski definition) is 5. The molecule has 0 radical (unpaired) electrons. The predicted octanol–water partition coefficient (Wildman–Crippen LogP) is 0.922. The maximum absolute atomic E-state index is 13.3. The third-order valence-corrected chi connectivity index (χ3v) is 5.51. The van der Waals surface area contributed by atoms with Crippen molar-refractivity contribution in [1.82, 2.24) is 24.6 Å². The topological polar surface area (TPSA) is 63.5 Å². The summed E-state index contributed by atoms with van der Waals surface area (Å²) in [4.78, 5) is 21.8. The van der Waals surface area contributed by atoms with E-state index < -0.39 is 5.41 Å². The van der Waals surface area contributed by atoms with Gasteiger partial charge in [0.25, 0.3) is 0 Å². The van der Waals surface area contributed by atoms with Crippen molar-refractivity contribution in [3.05, 3.63) is 48.0 Å². The molecule has 2 aliphatic heterocycles. The Hall–Kier alpha value is -2.25. The number of nitrogens with zero attached hydrogens (tertiary/aromatic N) is 5. The minimum atomic E-state index is -0.439. The third kappa shape index (κ3) is 3.12. The van der Waals surface area contributed by atoms with Gasteiger partial charge < -0.3 is 9.64 Å². The number of likely N-dealkylation sites (tertiary alicyclic amines) is 1. The van der Waals surface area contributed by atoms with Gasteiger partial charge in [-0.15, -0.1) is 0 Å². The summed E-state index contributed by atoms with van der Waals surface area (Å²) in [7, 11) is 3.79. The van der Waals surface area contributed by atoms with E-state index in [0.717, 1.165) is 25.3 Å². The molecule has 0 saturated carbocycles. The zero-order valence-corrected chi connectivity index (χ0v) is 15.3. The molecule has 0 spiro atoms. The van der Waals surface area contributed by atoms with E-state index in [1.165, 1.54) is 5.56 Å². The lowest BCUT2D eigenvalue weighted by atomic mass is 9.79. The Morgan fingerprint density at radius 2 is 2.35 bits per heavy atom. The van der Waals surface area contributed by atoms with Crippen molar-refractivity contribution in [3.63, 3.8) is 0 Å². The molecule has 7 heteroatoms. The molecule has 2 aromatic heterocycles. The quantitative estimate of drug-likeness (QED) is 0.798. The lowest BCUT2D eigenvalue weighted by Gasteiger charge is -2.31. The van der Waals surface area contributed by atoms with Crippen LogP contribution in [0.4, 0.5) is 0 Å². The van der Waals surface area contributed by atoms with Gasteiger partial charge >= 0.3 is 0 Å². The number of carbonyl (C=O) groups excluding carboxylic acids is 1. The molecule has 0 aromatic carbocycles. The molecule has 26 heavy (non-hydrogen) atoms. The Morgan fingerprint density at radius 3 is 3.08 bits per heavy atom. The highest BCUT2D eigenvalue weighted by Gasteiger charge is 2.56. The second kappa shape index (κ2) is 6.81. The van der Waals surface area contributed by atoms with Gasteiger partial charge in [-0.1, -0.05) is 6.07 Å². The number of carbonyl (C=O) groups is 1. The zero-order chi connectivity index (χ0) is 18.1. The van der Waals surface area contributed by atoms with E-state index in [4.69, 9.17) is 4.74 Å². The summed E-state index contributed by atoms with van der Waals surface area (Å²) < 4.78 is 7.55. The summed E-state index contributed by atoms with van der Waals surface area (Å²) >= 11 is 0. The number of pyridine rings is 1. The molecule has 2 aromatic rings. The molecule has 4 rings (SSSR count). The van der Waals surface area contributed by atoms with Crippen molar-refractivity contribution in [1.29, 1.82) is 0 Å². The average Bonchev–Trinajstić information content (AvgIpc) is 3.30. The van der Waals surface area contributed by atoms with Crippen LogP contribution in [0.1, 0.15) is 11.3 Å². The van der Waals surface area contributed by atoms with Gasteiger partial charge in [-0.2, -0.15) is 5.10 Å². The zero-order valence-electron chi connectivity index (χ0n) is 15.3. The van der Waals surface area contributed by atoms with Crippen LogP contribution in [0.15, 0.2) is 36.8 Å². The highest BCUT2D eigenvalue weighted by Crippen LogP contribution is 2.43. The monoisotopic (exact) mass is 355 g/mol. The Balaban J connectivity index is 1.47. The van der Waals surface area contributed by atoms with Crippen molar-refractivity contribution in [3.8, 4) is 0 Å². The summed E-state index contributed by atoms with van der Waals surface area (Å²) in [5.41, 5.74) is 1.64. The van der Waals surface area contributed by atoms with Gasteiger partial charge in [0.2, 0.25) is 5.91 Å². The van der Waals surface area contributed by atoms with E-state index in [9.17, 15) is 4.79 Å². The van der Waals surface area contributed by atoms with Crippen molar-refractivity contribution in [2.24, 2.45) is 18.4 Å². The number of fused-ring (bicyclic) bond motifs is 1. The van der Waals surface area contributed by atoms with Gasteiger partial charge in [-0.05, 0) is 12.1 Å². The second-order valence-corrected chi connectivity index (χ2v) is 7.54. The second-order valence-electron chi connectivity index (χ2n) is 7.54. The number of rotatable bonds is 5. The summed E-state index contributed by atoms with van der Waals surface area (Å²) in [5, 5.41) is 4.24. The summed E-state index contributed by atoms with van der Waals surface area (Å²) in [6.45, 7) is 4.13. The average molecular weight is 355 g/mol. The van der Waals surface area contributed by atoms with E-state index in [1.807, 2.05) is 49.4 Å².